The van der Waals surface area contributed by atoms with E-state index in [-0.39, 0.29) is 12.6 Å². The van der Waals surface area contributed by atoms with Crippen LogP contribution in [-0.4, -0.2) is 40.8 Å². The minimum atomic E-state index is 0.203. The third-order valence-corrected chi connectivity index (χ3v) is 5.33. The summed E-state index contributed by atoms with van der Waals surface area (Å²) in [6, 6.07) is 2.25. The Hall–Kier alpha value is -1.36. The van der Waals surface area contributed by atoms with Crippen molar-refractivity contribution in [1.82, 2.24) is 9.97 Å². The normalized spacial score (nSPS) is 23.5. The number of hydrogen-bond donors (Lipinski definition) is 2. The second-order valence-electron chi connectivity index (χ2n) is 7.03. The van der Waals surface area contributed by atoms with Gasteiger partial charge in [0.25, 0.3) is 0 Å². The van der Waals surface area contributed by atoms with Gasteiger partial charge >= 0.3 is 0 Å². The van der Waals surface area contributed by atoms with Crippen LogP contribution in [0.15, 0.2) is 12.4 Å². The highest BCUT2D eigenvalue weighted by molar-refractivity contribution is 5.49. The zero-order valence-corrected chi connectivity index (χ0v) is 14.1. The maximum absolute atomic E-state index is 9.49. The summed E-state index contributed by atoms with van der Waals surface area (Å²) in [5.41, 5.74) is 0. The Morgan fingerprint density at radius 1 is 1.04 bits per heavy atom. The van der Waals surface area contributed by atoms with Crippen molar-refractivity contribution in [3.63, 3.8) is 0 Å². The van der Waals surface area contributed by atoms with Gasteiger partial charge in [-0.3, -0.25) is 0 Å². The Bertz CT molecular complexity index is 474. The maximum atomic E-state index is 9.49. The van der Waals surface area contributed by atoms with Crippen molar-refractivity contribution in [1.29, 1.82) is 0 Å². The Morgan fingerprint density at radius 2 is 1.83 bits per heavy atom. The summed E-state index contributed by atoms with van der Waals surface area (Å²) in [5.74, 6) is 2.63. The van der Waals surface area contributed by atoms with E-state index < -0.39 is 0 Å². The Kier molecular flexibility index (Phi) is 6.08. The van der Waals surface area contributed by atoms with Crippen LogP contribution in [0.3, 0.4) is 0 Å². The molecule has 5 heteroatoms. The van der Waals surface area contributed by atoms with Crippen molar-refractivity contribution in [3.05, 3.63) is 12.4 Å². The summed E-state index contributed by atoms with van der Waals surface area (Å²) in [7, 11) is 0. The van der Waals surface area contributed by atoms with Crippen LogP contribution in [0.4, 0.5) is 11.6 Å². The number of aliphatic hydroxyl groups excluding tert-OH is 1. The van der Waals surface area contributed by atoms with Gasteiger partial charge in [-0.15, -0.1) is 0 Å². The lowest BCUT2D eigenvalue weighted by Crippen LogP contribution is -2.32. The molecule has 0 amide bonds. The fraction of sp³-hybridized carbons (Fsp3) is 0.778. The summed E-state index contributed by atoms with van der Waals surface area (Å²) in [6.07, 6.45) is 13.4. The maximum Gasteiger partial charge on any atom is 0.134 e. The molecule has 23 heavy (non-hydrogen) atoms. The van der Waals surface area contributed by atoms with E-state index in [9.17, 15) is 5.11 Å². The summed E-state index contributed by atoms with van der Waals surface area (Å²) >= 11 is 0. The molecule has 2 N–H and O–H groups in total. The Balaban J connectivity index is 1.56. The standard InChI is InChI=1S/C18H30N4O/c23-13-16-9-6-10-22(16)18-11-17(20-14-21-18)19-12-15-7-4-2-1-3-5-8-15/h11,14-16,23H,1-10,12-13H2,(H,19,20,21). The highest BCUT2D eigenvalue weighted by Crippen LogP contribution is 2.26. The van der Waals surface area contributed by atoms with E-state index in [0.29, 0.717) is 0 Å². The lowest BCUT2D eigenvalue weighted by Gasteiger charge is -2.24. The van der Waals surface area contributed by atoms with Gasteiger partial charge in [0.05, 0.1) is 12.6 Å². The number of hydrogen-bond acceptors (Lipinski definition) is 5. The molecule has 1 aromatic rings. The average molecular weight is 318 g/mol. The van der Waals surface area contributed by atoms with Gasteiger partial charge < -0.3 is 15.3 Å². The highest BCUT2D eigenvalue weighted by atomic mass is 16.3. The largest absolute Gasteiger partial charge is 0.394 e. The van der Waals surface area contributed by atoms with Crippen LogP contribution in [0.25, 0.3) is 0 Å². The third-order valence-electron chi connectivity index (χ3n) is 5.33. The number of rotatable bonds is 5. The van der Waals surface area contributed by atoms with Crippen molar-refractivity contribution in [2.24, 2.45) is 5.92 Å². The summed E-state index contributed by atoms with van der Waals surface area (Å²) < 4.78 is 0. The average Bonchev–Trinajstić information content (AvgIpc) is 3.03. The van der Waals surface area contributed by atoms with Crippen molar-refractivity contribution in [3.8, 4) is 0 Å². The molecule has 1 saturated heterocycles. The van der Waals surface area contributed by atoms with Crippen LogP contribution in [-0.2, 0) is 0 Å². The Morgan fingerprint density at radius 3 is 2.61 bits per heavy atom. The number of anilines is 2. The quantitative estimate of drug-likeness (QED) is 0.873. The molecule has 1 aromatic heterocycles. The van der Waals surface area contributed by atoms with Gasteiger partial charge in [-0.2, -0.15) is 0 Å². The minimum Gasteiger partial charge on any atom is -0.394 e. The molecular formula is C18H30N4O. The number of aliphatic hydroxyl groups is 1. The van der Waals surface area contributed by atoms with E-state index in [1.807, 2.05) is 6.07 Å². The molecule has 0 bridgehead atoms. The number of nitrogens with one attached hydrogen (secondary N) is 1. The molecule has 1 atom stereocenters. The van der Waals surface area contributed by atoms with Gasteiger partial charge in [-0.1, -0.05) is 32.1 Å². The SMILES string of the molecule is OCC1CCCN1c1cc(NCC2CCCCCCC2)ncn1. The van der Waals surface area contributed by atoms with Crippen LogP contribution < -0.4 is 10.2 Å². The van der Waals surface area contributed by atoms with Crippen LogP contribution in [0.5, 0.6) is 0 Å². The van der Waals surface area contributed by atoms with Gasteiger partial charge in [-0.05, 0) is 31.6 Å². The molecule has 1 saturated carbocycles. The van der Waals surface area contributed by atoms with Crippen LogP contribution in [0.2, 0.25) is 0 Å². The lowest BCUT2D eigenvalue weighted by atomic mass is 9.91. The number of nitrogens with zero attached hydrogens (tertiary/aromatic N) is 3. The Labute approximate surface area is 139 Å². The first kappa shape index (κ1) is 16.5. The van der Waals surface area contributed by atoms with Gasteiger partial charge in [-0.25, -0.2) is 9.97 Å². The van der Waals surface area contributed by atoms with Crippen molar-refractivity contribution in [2.45, 2.75) is 63.8 Å². The second kappa shape index (κ2) is 8.48. The van der Waals surface area contributed by atoms with E-state index in [1.165, 1.54) is 44.9 Å². The molecular weight excluding hydrogens is 288 g/mol. The lowest BCUT2D eigenvalue weighted by molar-refractivity contribution is 0.266. The van der Waals surface area contributed by atoms with Gasteiger partial charge in [0.1, 0.15) is 18.0 Å². The fourth-order valence-corrected chi connectivity index (χ4v) is 3.92. The van der Waals surface area contributed by atoms with Crippen molar-refractivity contribution in [2.75, 3.05) is 29.9 Å². The smallest absolute Gasteiger partial charge is 0.134 e. The van der Waals surface area contributed by atoms with Crippen LogP contribution in [0.1, 0.15) is 57.8 Å². The first-order chi connectivity index (χ1) is 11.4. The van der Waals surface area contributed by atoms with E-state index in [2.05, 4.69) is 20.2 Å². The zero-order valence-electron chi connectivity index (χ0n) is 14.1. The zero-order chi connectivity index (χ0) is 15.9. The molecule has 3 rings (SSSR count). The summed E-state index contributed by atoms with van der Waals surface area (Å²) in [5, 5.41) is 13.0. The van der Waals surface area contributed by atoms with E-state index in [4.69, 9.17) is 0 Å². The van der Waals surface area contributed by atoms with Crippen molar-refractivity contribution < 1.29 is 5.11 Å². The molecule has 1 unspecified atom stereocenters. The summed E-state index contributed by atoms with van der Waals surface area (Å²) in [6.45, 7) is 2.19. The van der Waals surface area contributed by atoms with E-state index >= 15 is 0 Å². The van der Waals surface area contributed by atoms with Gasteiger partial charge in [0, 0.05) is 19.2 Å². The first-order valence-electron chi connectivity index (χ1n) is 9.30. The van der Waals surface area contributed by atoms with E-state index in [1.54, 1.807) is 6.33 Å². The fourth-order valence-electron chi connectivity index (χ4n) is 3.92. The highest BCUT2D eigenvalue weighted by Gasteiger charge is 2.25. The molecule has 0 aromatic carbocycles. The molecule has 1 aliphatic carbocycles. The minimum absolute atomic E-state index is 0.203. The number of aromatic nitrogens is 2. The molecule has 0 spiro atoms. The molecule has 2 fully saturated rings. The van der Waals surface area contributed by atoms with Crippen LogP contribution in [0, 0.1) is 5.92 Å². The topological polar surface area (TPSA) is 61.3 Å². The monoisotopic (exact) mass is 318 g/mol. The predicted molar refractivity (Wildman–Crippen MR) is 93.8 cm³/mol. The van der Waals surface area contributed by atoms with Crippen LogP contribution >= 0.6 is 0 Å². The third kappa shape index (κ3) is 4.56. The molecule has 1 aliphatic heterocycles. The molecule has 128 valence electrons. The summed E-state index contributed by atoms with van der Waals surface area (Å²) in [4.78, 5) is 11.0. The molecule has 0 radical (unpaired) electrons. The predicted octanol–water partition coefficient (Wildman–Crippen LogP) is 3.21. The molecule has 2 heterocycles. The van der Waals surface area contributed by atoms with Crippen molar-refractivity contribution >= 4 is 11.6 Å². The molecule has 2 aliphatic rings. The molecule has 5 nitrogen and oxygen atoms in total. The van der Waals surface area contributed by atoms with Gasteiger partial charge in [0.2, 0.25) is 0 Å². The first-order valence-corrected chi connectivity index (χ1v) is 9.30. The van der Waals surface area contributed by atoms with E-state index in [0.717, 1.165) is 43.5 Å². The van der Waals surface area contributed by atoms with Gasteiger partial charge in [0.15, 0.2) is 0 Å². The second-order valence-corrected chi connectivity index (χ2v) is 7.03.